The predicted octanol–water partition coefficient (Wildman–Crippen LogP) is 4.24. The highest BCUT2D eigenvalue weighted by Gasteiger charge is 2.15. The molecule has 9 heteroatoms. The first kappa shape index (κ1) is 25.2. The molecule has 0 bridgehead atoms. The van der Waals surface area contributed by atoms with Gasteiger partial charge in [0.05, 0.1) is 11.3 Å². The molecule has 3 aromatic rings. The number of para-hydroxylation sites is 1. The third-order valence-electron chi connectivity index (χ3n) is 5.12. The highest BCUT2D eigenvalue weighted by atomic mass is 16.2. The van der Waals surface area contributed by atoms with E-state index >= 15 is 0 Å². The fraction of sp³-hybridized carbons (Fsp3) is 0.231. The van der Waals surface area contributed by atoms with Crippen molar-refractivity contribution in [2.75, 3.05) is 36.6 Å². The molecule has 9 nitrogen and oxygen atoms in total. The number of rotatable bonds is 9. The third kappa shape index (κ3) is 7.56. The molecule has 2 aromatic carbocycles. The molecule has 0 fully saturated rings. The first-order valence-corrected chi connectivity index (χ1v) is 11.3. The Labute approximate surface area is 204 Å². The van der Waals surface area contributed by atoms with Crippen molar-refractivity contribution in [3.05, 3.63) is 78.0 Å². The number of anilines is 4. The van der Waals surface area contributed by atoms with Gasteiger partial charge in [-0.1, -0.05) is 30.3 Å². The van der Waals surface area contributed by atoms with Crippen molar-refractivity contribution in [2.24, 2.45) is 0 Å². The van der Waals surface area contributed by atoms with Crippen LogP contribution >= 0.6 is 0 Å². The van der Waals surface area contributed by atoms with Crippen LogP contribution in [0, 0.1) is 0 Å². The second-order valence-corrected chi connectivity index (χ2v) is 8.03. The van der Waals surface area contributed by atoms with Gasteiger partial charge in [0.25, 0.3) is 5.91 Å². The molecular formula is C26H30N6O3. The first-order chi connectivity index (χ1) is 16.9. The number of aromatic nitrogens is 1. The van der Waals surface area contributed by atoms with E-state index in [4.69, 9.17) is 0 Å². The summed E-state index contributed by atoms with van der Waals surface area (Å²) in [5, 5.41) is 11.4. The standard InChI is InChI=1S/C26H30N6O3/c1-4-27-26(35)31-23-16-22(29-19-8-6-5-7-9-19)21(17-28-23)25(34)30-20-13-10-18(11-14-20)12-15-24(33)32(2)3/h5-11,13-14,16-17H,4,12,15H2,1-3H3,(H,30,34)(H3,27,28,29,31,35). The van der Waals surface area contributed by atoms with Gasteiger partial charge in [0, 0.05) is 50.7 Å². The number of nitrogens with zero attached hydrogens (tertiary/aromatic N) is 2. The van der Waals surface area contributed by atoms with Crippen LogP contribution in [0.5, 0.6) is 0 Å². The summed E-state index contributed by atoms with van der Waals surface area (Å²) >= 11 is 0. The summed E-state index contributed by atoms with van der Waals surface area (Å²) in [7, 11) is 3.47. The van der Waals surface area contributed by atoms with E-state index in [1.807, 2.05) is 49.4 Å². The fourth-order valence-electron chi connectivity index (χ4n) is 3.23. The maximum atomic E-state index is 13.1. The molecule has 35 heavy (non-hydrogen) atoms. The van der Waals surface area contributed by atoms with E-state index in [1.54, 1.807) is 37.2 Å². The highest BCUT2D eigenvalue weighted by Crippen LogP contribution is 2.24. The maximum Gasteiger partial charge on any atom is 0.320 e. The minimum absolute atomic E-state index is 0.0680. The Hall–Kier alpha value is -4.40. The number of benzene rings is 2. The monoisotopic (exact) mass is 474 g/mol. The van der Waals surface area contributed by atoms with Crippen LogP contribution in [-0.4, -0.2) is 48.4 Å². The Kier molecular flexibility index (Phi) is 8.77. The van der Waals surface area contributed by atoms with Crippen LogP contribution in [-0.2, 0) is 11.2 Å². The number of aryl methyl sites for hydroxylation is 1. The van der Waals surface area contributed by atoms with Crippen molar-refractivity contribution in [3.63, 3.8) is 0 Å². The van der Waals surface area contributed by atoms with Crippen molar-refractivity contribution in [1.29, 1.82) is 0 Å². The summed E-state index contributed by atoms with van der Waals surface area (Å²) in [6.45, 7) is 2.30. The van der Waals surface area contributed by atoms with E-state index in [0.29, 0.717) is 42.1 Å². The number of hydrogen-bond acceptors (Lipinski definition) is 5. The summed E-state index contributed by atoms with van der Waals surface area (Å²) in [5.74, 6) is 0.0250. The SMILES string of the molecule is CCNC(=O)Nc1cc(Nc2ccccc2)c(C(=O)Nc2ccc(CCC(=O)N(C)C)cc2)cn1. The Bertz CT molecular complexity index is 1160. The van der Waals surface area contributed by atoms with Gasteiger partial charge in [-0.2, -0.15) is 0 Å². The summed E-state index contributed by atoms with van der Waals surface area (Å²) in [6.07, 6.45) is 2.47. The van der Waals surface area contributed by atoms with E-state index < -0.39 is 0 Å². The van der Waals surface area contributed by atoms with E-state index in [2.05, 4.69) is 26.3 Å². The number of pyridine rings is 1. The van der Waals surface area contributed by atoms with Gasteiger partial charge in [-0.25, -0.2) is 9.78 Å². The molecule has 0 atom stereocenters. The molecule has 182 valence electrons. The van der Waals surface area contributed by atoms with E-state index in [0.717, 1.165) is 11.3 Å². The Balaban J connectivity index is 1.75. The van der Waals surface area contributed by atoms with Crippen molar-refractivity contribution in [2.45, 2.75) is 19.8 Å². The lowest BCUT2D eigenvalue weighted by Crippen LogP contribution is -2.28. The smallest absolute Gasteiger partial charge is 0.320 e. The molecule has 0 aliphatic rings. The van der Waals surface area contributed by atoms with Crippen LogP contribution in [0.3, 0.4) is 0 Å². The second-order valence-electron chi connectivity index (χ2n) is 8.03. The van der Waals surface area contributed by atoms with Gasteiger partial charge in [-0.3, -0.25) is 14.9 Å². The average Bonchev–Trinajstić information content (AvgIpc) is 2.84. The molecule has 1 heterocycles. The third-order valence-corrected chi connectivity index (χ3v) is 5.12. The maximum absolute atomic E-state index is 13.1. The quantitative estimate of drug-likeness (QED) is 0.370. The normalized spacial score (nSPS) is 10.3. The molecule has 3 rings (SSSR count). The fourth-order valence-corrected chi connectivity index (χ4v) is 3.23. The van der Waals surface area contributed by atoms with Crippen molar-refractivity contribution in [1.82, 2.24) is 15.2 Å². The summed E-state index contributed by atoms with van der Waals surface area (Å²) < 4.78 is 0. The number of carbonyl (C=O) groups excluding carboxylic acids is 3. The van der Waals surface area contributed by atoms with Crippen LogP contribution < -0.4 is 21.3 Å². The van der Waals surface area contributed by atoms with Gasteiger partial charge in [0.1, 0.15) is 5.82 Å². The van der Waals surface area contributed by atoms with Crippen LogP contribution in [0.4, 0.5) is 27.7 Å². The predicted molar refractivity (Wildman–Crippen MR) is 138 cm³/mol. The van der Waals surface area contributed by atoms with Crippen molar-refractivity contribution in [3.8, 4) is 0 Å². The molecule has 0 aliphatic carbocycles. The molecular weight excluding hydrogens is 444 g/mol. The first-order valence-electron chi connectivity index (χ1n) is 11.3. The van der Waals surface area contributed by atoms with Gasteiger partial charge >= 0.3 is 6.03 Å². The zero-order valence-corrected chi connectivity index (χ0v) is 20.1. The van der Waals surface area contributed by atoms with Crippen LogP contribution in [0.1, 0.15) is 29.3 Å². The summed E-state index contributed by atoms with van der Waals surface area (Å²) in [4.78, 5) is 42.6. The van der Waals surface area contributed by atoms with Crippen LogP contribution in [0.15, 0.2) is 66.9 Å². The molecule has 4 N–H and O–H groups in total. The minimum Gasteiger partial charge on any atom is -0.355 e. The number of urea groups is 1. The van der Waals surface area contributed by atoms with Gasteiger partial charge in [-0.05, 0) is 43.2 Å². The van der Waals surface area contributed by atoms with E-state index in [9.17, 15) is 14.4 Å². The van der Waals surface area contributed by atoms with Gasteiger partial charge in [-0.15, -0.1) is 0 Å². The number of amides is 4. The molecule has 0 spiro atoms. The minimum atomic E-state index is -0.379. The molecule has 0 saturated heterocycles. The number of nitrogens with one attached hydrogen (secondary N) is 4. The highest BCUT2D eigenvalue weighted by molar-refractivity contribution is 6.08. The van der Waals surface area contributed by atoms with Crippen molar-refractivity contribution >= 4 is 40.7 Å². The number of hydrogen-bond donors (Lipinski definition) is 4. The van der Waals surface area contributed by atoms with E-state index in [-0.39, 0.29) is 17.8 Å². The lowest BCUT2D eigenvalue weighted by molar-refractivity contribution is -0.128. The molecule has 0 unspecified atom stereocenters. The van der Waals surface area contributed by atoms with Crippen molar-refractivity contribution < 1.29 is 14.4 Å². The molecule has 1 aromatic heterocycles. The number of carbonyl (C=O) groups is 3. The van der Waals surface area contributed by atoms with Crippen LogP contribution in [0.25, 0.3) is 0 Å². The molecule has 0 radical (unpaired) electrons. The molecule has 0 aliphatic heterocycles. The largest absolute Gasteiger partial charge is 0.355 e. The van der Waals surface area contributed by atoms with Gasteiger partial charge in [0.15, 0.2) is 0 Å². The Morgan fingerprint density at radius 1 is 0.914 bits per heavy atom. The summed E-state index contributed by atoms with van der Waals surface area (Å²) in [5.41, 5.74) is 3.22. The zero-order valence-electron chi connectivity index (χ0n) is 20.1. The summed E-state index contributed by atoms with van der Waals surface area (Å²) in [6, 6.07) is 18.0. The zero-order chi connectivity index (χ0) is 25.2. The molecule has 0 saturated carbocycles. The lowest BCUT2D eigenvalue weighted by Gasteiger charge is -2.14. The van der Waals surface area contributed by atoms with Gasteiger partial charge in [0.2, 0.25) is 5.91 Å². The Morgan fingerprint density at radius 2 is 1.63 bits per heavy atom. The second kappa shape index (κ2) is 12.2. The molecule has 4 amide bonds. The Morgan fingerprint density at radius 3 is 2.29 bits per heavy atom. The average molecular weight is 475 g/mol. The topological polar surface area (TPSA) is 115 Å². The van der Waals surface area contributed by atoms with E-state index in [1.165, 1.54) is 6.20 Å². The van der Waals surface area contributed by atoms with Gasteiger partial charge < -0.3 is 20.9 Å². The lowest BCUT2D eigenvalue weighted by atomic mass is 10.1. The van der Waals surface area contributed by atoms with Crippen LogP contribution in [0.2, 0.25) is 0 Å².